The standard InChI is InChI=1S/C65H40N2/c1-3-19-45(20-4-1)65(46-21-5-2-6-22-46)58-28-14-11-25-50(58)51-33-32-47(40-59(51)65)66-60-29-15-12-26-52(60)55-36-43(31-34-62(55)66)44-37-56-49-24-10-9-23-48(49)54-35-41-17-7-8-18-42(41)39-63(54)67-61-30-16-13-27-53(61)57(38-44)64(56)67/h1-40H. The van der Waals surface area contributed by atoms with Gasteiger partial charge < -0.3 is 9.13 Å². The van der Waals surface area contributed by atoms with Crippen molar-refractivity contribution in [3.63, 3.8) is 0 Å². The molecular weight excluding hydrogens is 809 g/mol. The van der Waals surface area contributed by atoms with E-state index in [9.17, 15) is 0 Å². The van der Waals surface area contributed by atoms with Crippen LogP contribution in [0.25, 0.3) is 110 Å². The fraction of sp³-hybridized carbons (Fsp3) is 0.0154. The van der Waals surface area contributed by atoms with Gasteiger partial charge in [-0.05, 0) is 127 Å². The SMILES string of the molecule is c1ccc(C2(c3ccccc3)c3ccccc3-c3ccc(-n4c5ccccc5c5cc(-c6cc7c8c(c6)c6ccccc6n8-c6cc8ccccc8cc6-c6ccccc6-7)ccc54)cc32)cc1. The molecule has 11 aromatic carbocycles. The normalized spacial score (nSPS) is 13.2. The first-order valence-electron chi connectivity index (χ1n) is 23.3. The molecule has 13 aromatic rings. The van der Waals surface area contributed by atoms with Crippen LogP contribution in [-0.2, 0) is 5.41 Å². The Balaban J connectivity index is 0.963. The average Bonchev–Trinajstić information content (AvgIpc) is 3.99. The summed E-state index contributed by atoms with van der Waals surface area (Å²) in [4.78, 5) is 0. The molecule has 3 heterocycles. The van der Waals surface area contributed by atoms with E-state index < -0.39 is 5.41 Å². The number of rotatable bonds is 4. The second-order valence-electron chi connectivity index (χ2n) is 18.4. The lowest BCUT2D eigenvalue weighted by Crippen LogP contribution is -2.28. The molecule has 2 nitrogen and oxygen atoms in total. The predicted molar refractivity (Wildman–Crippen MR) is 280 cm³/mol. The van der Waals surface area contributed by atoms with Crippen molar-refractivity contribution in [3.05, 3.63) is 265 Å². The second-order valence-corrected chi connectivity index (χ2v) is 18.4. The molecular formula is C65H40N2. The predicted octanol–water partition coefficient (Wildman–Crippen LogP) is 16.7. The summed E-state index contributed by atoms with van der Waals surface area (Å²) in [5, 5.41) is 7.50. The van der Waals surface area contributed by atoms with Crippen molar-refractivity contribution in [1.29, 1.82) is 0 Å². The van der Waals surface area contributed by atoms with Gasteiger partial charge in [-0.25, -0.2) is 0 Å². The summed E-state index contributed by atoms with van der Waals surface area (Å²) in [6, 6.07) is 90.8. The van der Waals surface area contributed by atoms with E-state index in [1.54, 1.807) is 0 Å². The van der Waals surface area contributed by atoms with Crippen LogP contribution >= 0.6 is 0 Å². The Morgan fingerprint density at radius 2 is 0.836 bits per heavy atom. The smallest absolute Gasteiger partial charge is 0.0714 e. The van der Waals surface area contributed by atoms with Crippen LogP contribution in [0, 0.1) is 0 Å². The number of aromatic nitrogens is 2. The quantitative estimate of drug-likeness (QED) is 0.167. The van der Waals surface area contributed by atoms with Gasteiger partial charge in [0.15, 0.2) is 0 Å². The minimum atomic E-state index is -0.481. The van der Waals surface area contributed by atoms with Crippen LogP contribution in [0.15, 0.2) is 243 Å². The zero-order valence-corrected chi connectivity index (χ0v) is 36.5. The molecule has 310 valence electrons. The van der Waals surface area contributed by atoms with E-state index in [0.717, 1.165) is 5.69 Å². The summed E-state index contributed by atoms with van der Waals surface area (Å²) in [6.07, 6.45) is 0. The van der Waals surface area contributed by atoms with E-state index in [2.05, 4.69) is 252 Å². The van der Waals surface area contributed by atoms with Crippen molar-refractivity contribution in [2.45, 2.75) is 5.41 Å². The van der Waals surface area contributed by atoms with Gasteiger partial charge in [-0.1, -0.05) is 182 Å². The van der Waals surface area contributed by atoms with Gasteiger partial charge in [0.1, 0.15) is 0 Å². The first kappa shape index (κ1) is 36.6. The monoisotopic (exact) mass is 848 g/mol. The Morgan fingerprint density at radius 3 is 1.58 bits per heavy atom. The molecule has 67 heavy (non-hydrogen) atoms. The molecule has 2 heteroatoms. The van der Waals surface area contributed by atoms with Crippen LogP contribution in [0.3, 0.4) is 0 Å². The molecule has 0 spiro atoms. The molecule has 15 rings (SSSR count). The van der Waals surface area contributed by atoms with E-state index in [4.69, 9.17) is 0 Å². The first-order chi connectivity index (χ1) is 33.2. The first-order valence-corrected chi connectivity index (χ1v) is 23.3. The Hall–Kier alpha value is -8.72. The van der Waals surface area contributed by atoms with Crippen molar-refractivity contribution < 1.29 is 0 Å². The fourth-order valence-corrected chi connectivity index (χ4v) is 12.3. The Bertz CT molecular complexity index is 4170. The van der Waals surface area contributed by atoms with Crippen LogP contribution in [0.5, 0.6) is 0 Å². The summed E-state index contributed by atoms with van der Waals surface area (Å²) >= 11 is 0. The third-order valence-electron chi connectivity index (χ3n) is 15.1. The van der Waals surface area contributed by atoms with Crippen LogP contribution in [-0.4, -0.2) is 9.13 Å². The van der Waals surface area contributed by atoms with Crippen LogP contribution in [0.1, 0.15) is 22.3 Å². The molecule has 0 atom stereocenters. The summed E-state index contributed by atoms with van der Waals surface area (Å²) in [5.41, 5.74) is 21.9. The Labute approximate surface area is 387 Å². The highest BCUT2D eigenvalue weighted by atomic mass is 15.0. The molecule has 1 aliphatic heterocycles. The highest BCUT2D eigenvalue weighted by Crippen LogP contribution is 2.57. The number of nitrogens with zero attached hydrogens (tertiary/aromatic N) is 2. The second kappa shape index (κ2) is 13.7. The van der Waals surface area contributed by atoms with Gasteiger partial charge in [0, 0.05) is 38.4 Å². The number of benzene rings is 11. The molecule has 0 radical (unpaired) electrons. The lowest BCUT2D eigenvalue weighted by Gasteiger charge is -2.34. The lowest BCUT2D eigenvalue weighted by molar-refractivity contribution is 0.767. The topological polar surface area (TPSA) is 9.86 Å². The third kappa shape index (κ3) is 4.94. The minimum Gasteiger partial charge on any atom is -0.309 e. The minimum absolute atomic E-state index is 0.481. The van der Waals surface area contributed by atoms with Gasteiger partial charge in [-0.15, -0.1) is 0 Å². The number of fused-ring (bicyclic) bond motifs is 15. The number of hydrogen-bond donors (Lipinski definition) is 0. The van der Waals surface area contributed by atoms with Gasteiger partial charge >= 0.3 is 0 Å². The highest BCUT2D eigenvalue weighted by Gasteiger charge is 2.46. The van der Waals surface area contributed by atoms with Crippen LogP contribution in [0.2, 0.25) is 0 Å². The third-order valence-corrected chi connectivity index (χ3v) is 15.1. The summed E-state index contributed by atoms with van der Waals surface area (Å²) in [5.74, 6) is 0. The van der Waals surface area contributed by atoms with Crippen molar-refractivity contribution in [2.24, 2.45) is 0 Å². The zero-order valence-electron chi connectivity index (χ0n) is 36.5. The van der Waals surface area contributed by atoms with Crippen molar-refractivity contribution >= 4 is 54.4 Å². The summed E-state index contributed by atoms with van der Waals surface area (Å²) in [6.45, 7) is 0. The molecule has 0 saturated carbocycles. The average molecular weight is 849 g/mol. The van der Waals surface area contributed by atoms with E-state index >= 15 is 0 Å². The summed E-state index contributed by atoms with van der Waals surface area (Å²) < 4.78 is 5.02. The molecule has 1 aliphatic carbocycles. The molecule has 2 aromatic heterocycles. The number of hydrogen-bond acceptors (Lipinski definition) is 0. The van der Waals surface area contributed by atoms with E-state index in [-0.39, 0.29) is 0 Å². The Morgan fingerprint density at radius 1 is 0.284 bits per heavy atom. The lowest BCUT2D eigenvalue weighted by atomic mass is 9.67. The van der Waals surface area contributed by atoms with Crippen molar-refractivity contribution in [3.8, 4) is 55.9 Å². The number of para-hydroxylation sites is 2. The van der Waals surface area contributed by atoms with E-state index in [1.165, 1.54) is 127 Å². The Kier molecular flexibility index (Phi) is 7.46. The van der Waals surface area contributed by atoms with E-state index in [1.807, 2.05) is 0 Å². The van der Waals surface area contributed by atoms with Crippen LogP contribution in [0.4, 0.5) is 0 Å². The van der Waals surface area contributed by atoms with Gasteiger partial charge in [0.05, 0.1) is 33.2 Å². The summed E-state index contributed by atoms with van der Waals surface area (Å²) in [7, 11) is 0. The molecule has 0 saturated heterocycles. The van der Waals surface area contributed by atoms with Crippen LogP contribution < -0.4 is 0 Å². The van der Waals surface area contributed by atoms with Gasteiger partial charge in [-0.3, -0.25) is 0 Å². The van der Waals surface area contributed by atoms with Gasteiger partial charge in [0.25, 0.3) is 0 Å². The van der Waals surface area contributed by atoms with Gasteiger partial charge in [0.2, 0.25) is 0 Å². The molecule has 0 amide bonds. The zero-order chi connectivity index (χ0) is 43.8. The van der Waals surface area contributed by atoms with Crippen molar-refractivity contribution in [1.82, 2.24) is 9.13 Å². The highest BCUT2D eigenvalue weighted by molar-refractivity contribution is 6.19. The molecule has 0 bridgehead atoms. The van der Waals surface area contributed by atoms with E-state index in [0.29, 0.717) is 0 Å². The molecule has 2 aliphatic rings. The largest absolute Gasteiger partial charge is 0.309 e. The maximum absolute atomic E-state index is 2.53. The molecule has 0 unspecified atom stereocenters. The maximum atomic E-state index is 2.53. The maximum Gasteiger partial charge on any atom is 0.0714 e. The fourth-order valence-electron chi connectivity index (χ4n) is 12.3. The van der Waals surface area contributed by atoms with Crippen molar-refractivity contribution in [2.75, 3.05) is 0 Å². The molecule has 0 fully saturated rings. The molecule has 0 N–H and O–H groups in total. The van der Waals surface area contributed by atoms with Gasteiger partial charge in [-0.2, -0.15) is 0 Å².